The largest absolute Gasteiger partial charge is 0.477 e. The summed E-state index contributed by atoms with van der Waals surface area (Å²) in [6.07, 6.45) is 0. The predicted molar refractivity (Wildman–Crippen MR) is 66.3 cm³/mol. The Labute approximate surface area is 110 Å². The zero-order chi connectivity index (χ0) is 13.1. The van der Waals surface area contributed by atoms with E-state index >= 15 is 0 Å². The molecule has 2 aromatic rings. The van der Waals surface area contributed by atoms with Gasteiger partial charge in [-0.3, -0.25) is 4.79 Å². The molecule has 0 saturated heterocycles. The Bertz CT molecular complexity index is 597. The number of aromatic nitrogens is 2. The van der Waals surface area contributed by atoms with Crippen LogP contribution in [0.1, 0.15) is 20.2 Å². The number of thiophene rings is 1. The smallest absolute Gasteiger partial charge is 0.348 e. The molecule has 2 aromatic heterocycles. The van der Waals surface area contributed by atoms with Crippen molar-refractivity contribution in [1.29, 1.82) is 0 Å². The lowest BCUT2D eigenvalue weighted by molar-refractivity contribution is 0.0703. The fourth-order valence-electron chi connectivity index (χ4n) is 1.20. The molecule has 6 nitrogen and oxygen atoms in total. The van der Waals surface area contributed by atoms with E-state index in [4.69, 9.17) is 16.7 Å². The first kappa shape index (κ1) is 12.5. The summed E-state index contributed by atoms with van der Waals surface area (Å²) in [6.45, 7) is 0. The number of anilines is 1. The third-order valence-electron chi connectivity index (χ3n) is 1.97. The second kappa shape index (κ2) is 5.11. The molecule has 0 spiro atoms. The molecule has 2 rings (SSSR count). The number of hydrogen-bond acceptors (Lipinski definition) is 5. The Kier molecular flexibility index (Phi) is 3.54. The van der Waals surface area contributed by atoms with Gasteiger partial charge in [-0.1, -0.05) is 11.6 Å². The Balaban J connectivity index is 2.19. The van der Waals surface area contributed by atoms with Gasteiger partial charge in [0.1, 0.15) is 4.88 Å². The first-order chi connectivity index (χ1) is 8.58. The Hall–Kier alpha value is -1.99. The zero-order valence-electron chi connectivity index (χ0n) is 8.75. The van der Waals surface area contributed by atoms with E-state index < -0.39 is 11.9 Å². The minimum absolute atomic E-state index is 0.0574. The molecular formula is C10H6ClN3O3S. The average Bonchev–Trinajstić information content (AvgIpc) is 2.78. The van der Waals surface area contributed by atoms with Crippen LogP contribution >= 0.6 is 22.9 Å². The molecule has 0 aliphatic heterocycles. The monoisotopic (exact) mass is 283 g/mol. The van der Waals surface area contributed by atoms with Crippen molar-refractivity contribution in [3.8, 4) is 0 Å². The molecule has 0 aliphatic carbocycles. The second-order valence-electron chi connectivity index (χ2n) is 3.16. The van der Waals surface area contributed by atoms with Gasteiger partial charge >= 0.3 is 5.97 Å². The average molecular weight is 284 g/mol. The number of hydrogen-bond donors (Lipinski definition) is 2. The molecule has 0 fully saturated rings. The topological polar surface area (TPSA) is 92.2 Å². The van der Waals surface area contributed by atoms with Crippen molar-refractivity contribution in [2.24, 2.45) is 0 Å². The number of carboxylic acids is 1. The van der Waals surface area contributed by atoms with Crippen LogP contribution in [0.25, 0.3) is 0 Å². The first-order valence-electron chi connectivity index (χ1n) is 4.69. The Morgan fingerprint density at radius 2 is 2.06 bits per heavy atom. The van der Waals surface area contributed by atoms with E-state index in [1.807, 2.05) is 0 Å². The highest BCUT2D eigenvalue weighted by Gasteiger charge is 2.15. The van der Waals surface area contributed by atoms with Crippen LogP contribution in [0.2, 0.25) is 5.15 Å². The number of halogens is 1. The highest BCUT2D eigenvalue weighted by atomic mass is 35.5. The minimum Gasteiger partial charge on any atom is -0.477 e. The van der Waals surface area contributed by atoms with Gasteiger partial charge in [-0.25, -0.2) is 4.79 Å². The van der Waals surface area contributed by atoms with E-state index in [2.05, 4.69) is 15.5 Å². The van der Waals surface area contributed by atoms with Crippen molar-refractivity contribution in [2.45, 2.75) is 0 Å². The van der Waals surface area contributed by atoms with E-state index in [9.17, 15) is 9.59 Å². The molecule has 0 unspecified atom stereocenters. The van der Waals surface area contributed by atoms with Crippen molar-refractivity contribution in [2.75, 3.05) is 5.32 Å². The van der Waals surface area contributed by atoms with Crippen LogP contribution in [0.5, 0.6) is 0 Å². The van der Waals surface area contributed by atoms with Gasteiger partial charge in [-0.05, 0) is 23.6 Å². The summed E-state index contributed by atoms with van der Waals surface area (Å²) in [6, 6.07) is 4.34. The molecule has 0 atom stereocenters. The molecule has 0 saturated carbocycles. The van der Waals surface area contributed by atoms with E-state index in [0.29, 0.717) is 0 Å². The van der Waals surface area contributed by atoms with Crippen LogP contribution in [-0.4, -0.2) is 27.2 Å². The number of carbonyl (C=O) groups is 2. The first-order valence-corrected chi connectivity index (χ1v) is 5.95. The van der Waals surface area contributed by atoms with E-state index in [1.54, 1.807) is 5.38 Å². The van der Waals surface area contributed by atoms with Crippen molar-refractivity contribution in [3.05, 3.63) is 39.3 Å². The van der Waals surface area contributed by atoms with Gasteiger partial charge in [-0.15, -0.1) is 21.5 Å². The summed E-state index contributed by atoms with van der Waals surface area (Å²) in [5.74, 6) is -1.64. The van der Waals surface area contributed by atoms with Crippen molar-refractivity contribution in [3.63, 3.8) is 0 Å². The molecule has 92 valence electrons. The van der Waals surface area contributed by atoms with Gasteiger partial charge in [0.15, 0.2) is 10.8 Å². The van der Waals surface area contributed by atoms with Crippen molar-refractivity contribution < 1.29 is 14.7 Å². The summed E-state index contributed by atoms with van der Waals surface area (Å²) in [5.41, 5.74) is 0.288. The highest BCUT2D eigenvalue weighted by molar-refractivity contribution is 7.12. The minimum atomic E-state index is -1.09. The lowest BCUT2D eigenvalue weighted by Crippen LogP contribution is -2.15. The summed E-state index contributed by atoms with van der Waals surface area (Å²) in [7, 11) is 0. The Morgan fingerprint density at radius 1 is 1.28 bits per heavy atom. The number of carbonyl (C=O) groups excluding carboxylic acids is 1. The maximum atomic E-state index is 11.8. The molecule has 0 aromatic carbocycles. The van der Waals surface area contributed by atoms with Gasteiger partial charge < -0.3 is 10.4 Å². The second-order valence-corrected chi connectivity index (χ2v) is 4.47. The molecule has 8 heteroatoms. The van der Waals surface area contributed by atoms with Crippen molar-refractivity contribution >= 4 is 40.5 Å². The summed E-state index contributed by atoms with van der Waals surface area (Å²) < 4.78 is 0. The van der Waals surface area contributed by atoms with Crippen LogP contribution in [0.3, 0.4) is 0 Å². The summed E-state index contributed by atoms with van der Waals surface area (Å²) in [4.78, 5) is 22.7. The number of rotatable bonds is 3. The van der Waals surface area contributed by atoms with Gasteiger partial charge in [0.2, 0.25) is 0 Å². The summed E-state index contributed by atoms with van der Waals surface area (Å²) >= 11 is 6.57. The lowest BCUT2D eigenvalue weighted by atomic mass is 10.3. The summed E-state index contributed by atoms with van der Waals surface area (Å²) in [5, 5.41) is 20.2. The van der Waals surface area contributed by atoms with Crippen LogP contribution in [-0.2, 0) is 0 Å². The number of nitrogens with one attached hydrogen (secondary N) is 1. The third-order valence-corrected chi connectivity index (χ3v) is 3.08. The number of amides is 1. The van der Waals surface area contributed by atoms with Crippen LogP contribution in [0.4, 0.5) is 5.69 Å². The van der Waals surface area contributed by atoms with E-state index in [1.165, 1.54) is 18.2 Å². The lowest BCUT2D eigenvalue weighted by Gasteiger charge is -2.03. The fraction of sp³-hybridized carbons (Fsp3) is 0. The molecule has 0 aliphatic rings. The number of carboxylic acid groups (broad SMARTS) is 1. The number of nitrogens with zero attached hydrogens (tertiary/aromatic N) is 2. The molecule has 2 N–H and O–H groups in total. The van der Waals surface area contributed by atoms with E-state index in [0.717, 1.165) is 11.3 Å². The standard InChI is InChI=1S/C10H6ClN3O3S/c11-7-2-1-6(13-14-7)9(15)12-5-3-4-18-8(5)10(16)17/h1-4H,(H,12,15)(H,16,17). The van der Waals surface area contributed by atoms with Gasteiger partial charge in [0.05, 0.1) is 5.69 Å². The molecule has 18 heavy (non-hydrogen) atoms. The zero-order valence-corrected chi connectivity index (χ0v) is 10.3. The normalized spacial score (nSPS) is 10.1. The molecule has 1 amide bonds. The highest BCUT2D eigenvalue weighted by Crippen LogP contribution is 2.22. The van der Waals surface area contributed by atoms with Crippen LogP contribution < -0.4 is 5.32 Å². The maximum Gasteiger partial charge on any atom is 0.348 e. The molecule has 2 heterocycles. The quantitative estimate of drug-likeness (QED) is 0.900. The fourth-order valence-corrected chi connectivity index (χ4v) is 1.98. The molecule has 0 radical (unpaired) electrons. The predicted octanol–water partition coefficient (Wildman–Crippen LogP) is 2.14. The Morgan fingerprint density at radius 3 is 2.67 bits per heavy atom. The van der Waals surface area contributed by atoms with Crippen LogP contribution in [0, 0.1) is 0 Å². The molecule has 0 bridgehead atoms. The van der Waals surface area contributed by atoms with Crippen molar-refractivity contribution in [1.82, 2.24) is 10.2 Å². The molecular weight excluding hydrogens is 278 g/mol. The van der Waals surface area contributed by atoms with Crippen LogP contribution in [0.15, 0.2) is 23.6 Å². The maximum absolute atomic E-state index is 11.8. The van der Waals surface area contributed by atoms with E-state index in [-0.39, 0.29) is 21.4 Å². The third kappa shape index (κ3) is 2.63. The van der Waals surface area contributed by atoms with Gasteiger partial charge in [0, 0.05) is 0 Å². The SMILES string of the molecule is O=C(Nc1ccsc1C(=O)O)c1ccc(Cl)nn1. The van der Waals surface area contributed by atoms with Gasteiger partial charge in [-0.2, -0.15) is 0 Å². The van der Waals surface area contributed by atoms with Gasteiger partial charge in [0.25, 0.3) is 5.91 Å². The number of aromatic carboxylic acids is 1.